The Morgan fingerprint density at radius 1 is 1.13 bits per heavy atom. The molecule has 1 aliphatic rings. The number of carbonyl (C=O) groups is 1. The first kappa shape index (κ1) is 23.3. The maximum absolute atomic E-state index is 13.2. The molecule has 1 amide bonds. The van der Waals surface area contributed by atoms with Gasteiger partial charge in [0.15, 0.2) is 0 Å². The molecule has 0 bridgehead atoms. The minimum Gasteiger partial charge on any atom is -0.381 e. The Balaban J connectivity index is 1.84. The van der Waals surface area contributed by atoms with Gasteiger partial charge in [0, 0.05) is 25.2 Å². The van der Waals surface area contributed by atoms with Crippen molar-refractivity contribution in [1.82, 2.24) is 5.32 Å². The average Bonchev–Trinajstić information content (AvgIpc) is 2.75. The molecule has 0 aromatic heterocycles. The lowest BCUT2D eigenvalue weighted by Crippen LogP contribution is -2.52. The van der Waals surface area contributed by atoms with Gasteiger partial charge in [-0.25, -0.2) is 8.42 Å². The number of ether oxygens (including phenoxy) is 1. The van der Waals surface area contributed by atoms with Crippen molar-refractivity contribution in [3.63, 3.8) is 0 Å². The molecule has 0 radical (unpaired) electrons. The predicted octanol–water partition coefficient (Wildman–Crippen LogP) is 3.32. The number of aryl methyl sites for hydroxylation is 2. The molecule has 1 fully saturated rings. The maximum atomic E-state index is 13.2. The predicted molar refractivity (Wildman–Crippen MR) is 124 cm³/mol. The van der Waals surface area contributed by atoms with Crippen LogP contribution in [0.1, 0.15) is 36.5 Å². The highest BCUT2D eigenvalue weighted by molar-refractivity contribution is 7.92. The third-order valence-electron chi connectivity index (χ3n) is 6.13. The Hall–Kier alpha value is -2.38. The number of hydrogen-bond acceptors (Lipinski definition) is 4. The summed E-state index contributed by atoms with van der Waals surface area (Å²) in [5.74, 6) is -0.312. The maximum Gasteiger partial charge on any atom is 0.243 e. The highest BCUT2D eigenvalue weighted by Crippen LogP contribution is 2.34. The Morgan fingerprint density at radius 3 is 2.39 bits per heavy atom. The van der Waals surface area contributed by atoms with Gasteiger partial charge >= 0.3 is 0 Å². The second kappa shape index (κ2) is 9.40. The summed E-state index contributed by atoms with van der Waals surface area (Å²) in [4.78, 5) is 13.2. The SMILES string of the molecule is Cc1ccc(C)c(N([C@@H](C)C(=O)NCC2(c3ccccc3)CCOCC2)S(C)(=O)=O)c1. The van der Waals surface area contributed by atoms with Crippen molar-refractivity contribution in [2.45, 2.75) is 45.1 Å². The van der Waals surface area contributed by atoms with Gasteiger partial charge in [-0.15, -0.1) is 0 Å². The summed E-state index contributed by atoms with van der Waals surface area (Å²) in [6, 6.07) is 14.9. The topological polar surface area (TPSA) is 75.7 Å². The number of rotatable bonds is 7. The van der Waals surface area contributed by atoms with E-state index in [9.17, 15) is 13.2 Å². The Bertz CT molecular complexity index is 1020. The van der Waals surface area contributed by atoms with Crippen LogP contribution in [0.5, 0.6) is 0 Å². The molecule has 6 nitrogen and oxygen atoms in total. The van der Waals surface area contributed by atoms with E-state index >= 15 is 0 Å². The Morgan fingerprint density at radius 2 is 1.77 bits per heavy atom. The first-order valence-corrected chi connectivity index (χ1v) is 12.5. The van der Waals surface area contributed by atoms with E-state index < -0.39 is 16.1 Å². The fourth-order valence-electron chi connectivity index (χ4n) is 4.26. The largest absolute Gasteiger partial charge is 0.381 e. The van der Waals surface area contributed by atoms with Crippen LogP contribution in [0.15, 0.2) is 48.5 Å². The number of hydrogen-bond donors (Lipinski definition) is 1. The van der Waals surface area contributed by atoms with Crippen LogP contribution in [-0.2, 0) is 25.0 Å². The van der Waals surface area contributed by atoms with Crippen LogP contribution in [-0.4, -0.2) is 46.4 Å². The number of nitrogens with one attached hydrogen (secondary N) is 1. The molecule has 1 N–H and O–H groups in total. The summed E-state index contributed by atoms with van der Waals surface area (Å²) in [5.41, 5.74) is 3.23. The number of anilines is 1. The summed E-state index contributed by atoms with van der Waals surface area (Å²) < 4.78 is 32.1. The first-order chi connectivity index (χ1) is 14.6. The van der Waals surface area contributed by atoms with Crippen LogP contribution in [0.2, 0.25) is 0 Å². The molecule has 1 atom stereocenters. The average molecular weight is 445 g/mol. The van der Waals surface area contributed by atoms with Crippen LogP contribution >= 0.6 is 0 Å². The van der Waals surface area contributed by atoms with Gasteiger partial charge in [0.1, 0.15) is 6.04 Å². The molecule has 31 heavy (non-hydrogen) atoms. The number of benzene rings is 2. The zero-order valence-corrected chi connectivity index (χ0v) is 19.5. The van der Waals surface area contributed by atoms with Crippen molar-refractivity contribution >= 4 is 21.6 Å². The lowest BCUT2D eigenvalue weighted by molar-refractivity contribution is -0.122. The molecule has 0 unspecified atom stereocenters. The number of sulfonamides is 1. The number of nitrogens with zero attached hydrogens (tertiary/aromatic N) is 1. The molecule has 3 rings (SSSR count). The highest BCUT2D eigenvalue weighted by atomic mass is 32.2. The van der Waals surface area contributed by atoms with Crippen LogP contribution in [0.4, 0.5) is 5.69 Å². The molecule has 2 aromatic carbocycles. The van der Waals surface area contributed by atoms with Gasteiger partial charge < -0.3 is 10.1 Å². The van der Waals surface area contributed by atoms with Crippen molar-refractivity contribution in [1.29, 1.82) is 0 Å². The molecular weight excluding hydrogens is 412 g/mol. The van der Waals surface area contributed by atoms with Crippen molar-refractivity contribution in [2.24, 2.45) is 0 Å². The molecule has 1 heterocycles. The van der Waals surface area contributed by atoms with E-state index in [2.05, 4.69) is 17.4 Å². The quantitative estimate of drug-likeness (QED) is 0.711. The number of amides is 1. The lowest BCUT2D eigenvalue weighted by Gasteiger charge is -2.38. The molecule has 0 aliphatic carbocycles. The van der Waals surface area contributed by atoms with Gasteiger partial charge in [-0.1, -0.05) is 42.5 Å². The van der Waals surface area contributed by atoms with E-state index in [0.717, 1.165) is 30.2 Å². The van der Waals surface area contributed by atoms with Crippen molar-refractivity contribution in [3.8, 4) is 0 Å². The van der Waals surface area contributed by atoms with Crippen LogP contribution in [0, 0.1) is 13.8 Å². The van der Waals surface area contributed by atoms with Crippen LogP contribution < -0.4 is 9.62 Å². The molecule has 1 aliphatic heterocycles. The third kappa shape index (κ3) is 5.28. The standard InChI is InChI=1S/C24H32N2O4S/c1-18-10-11-19(2)22(16-18)26(31(4,28)29)20(3)23(27)25-17-24(12-14-30-15-13-24)21-8-6-5-7-9-21/h5-11,16,20H,12-15,17H2,1-4H3,(H,25,27)/t20-/m0/s1. The summed E-state index contributed by atoms with van der Waals surface area (Å²) in [6.07, 6.45) is 2.75. The monoisotopic (exact) mass is 444 g/mol. The Labute approximate surface area is 185 Å². The summed E-state index contributed by atoms with van der Waals surface area (Å²) in [6.45, 7) is 7.11. The van der Waals surface area contributed by atoms with Gasteiger partial charge in [0.2, 0.25) is 15.9 Å². The number of carbonyl (C=O) groups excluding carboxylic acids is 1. The summed E-state index contributed by atoms with van der Waals surface area (Å²) >= 11 is 0. The molecular formula is C24H32N2O4S. The smallest absolute Gasteiger partial charge is 0.243 e. The first-order valence-electron chi connectivity index (χ1n) is 10.6. The normalized spacial score (nSPS) is 17.0. The van der Waals surface area contributed by atoms with Crippen LogP contribution in [0.25, 0.3) is 0 Å². The van der Waals surface area contributed by atoms with Crippen LogP contribution in [0.3, 0.4) is 0 Å². The van der Waals surface area contributed by atoms with Gasteiger partial charge in [0.05, 0.1) is 11.9 Å². The minimum atomic E-state index is -3.66. The zero-order chi connectivity index (χ0) is 22.6. The summed E-state index contributed by atoms with van der Waals surface area (Å²) in [7, 11) is -3.66. The van der Waals surface area contributed by atoms with Crippen molar-refractivity contribution in [3.05, 3.63) is 65.2 Å². The molecule has 168 valence electrons. The molecule has 7 heteroatoms. The molecule has 2 aromatic rings. The fourth-order valence-corrected chi connectivity index (χ4v) is 5.49. The third-order valence-corrected chi connectivity index (χ3v) is 7.36. The van der Waals surface area contributed by atoms with E-state index in [-0.39, 0.29) is 11.3 Å². The Kier molecular flexibility index (Phi) is 7.06. The van der Waals surface area contributed by atoms with E-state index in [4.69, 9.17) is 4.74 Å². The summed E-state index contributed by atoms with van der Waals surface area (Å²) in [5, 5.41) is 3.05. The van der Waals surface area contributed by atoms with E-state index in [1.165, 1.54) is 9.87 Å². The van der Waals surface area contributed by atoms with Gasteiger partial charge in [-0.2, -0.15) is 0 Å². The van der Waals surface area contributed by atoms with Gasteiger partial charge in [-0.05, 0) is 56.4 Å². The van der Waals surface area contributed by atoms with Crippen molar-refractivity contribution in [2.75, 3.05) is 30.3 Å². The van der Waals surface area contributed by atoms with E-state index in [1.54, 1.807) is 6.92 Å². The zero-order valence-electron chi connectivity index (χ0n) is 18.7. The van der Waals surface area contributed by atoms with E-state index in [0.29, 0.717) is 25.4 Å². The molecule has 0 spiro atoms. The molecule has 1 saturated heterocycles. The van der Waals surface area contributed by atoms with E-state index in [1.807, 2.05) is 50.2 Å². The second-order valence-electron chi connectivity index (χ2n) is 8.50. The molecule has 0 saturated carbocycles. The minimum absolute atomic E-state index is 0.218. The lowest BCUT2D eigenvalue weighted by atomic mass is 9.74. The second-order valence-corrected chi connectivity index (χ2v) is 10.4. The van der Waals surface area contributed by atoms with Gasteiger partial charge in [-0.3, -0.25) is 9.10 Å². The van der Waals surface area contributed by atoms with Crippen molar-refractivity contribution < 1.29 is 17.9 Å². The highest BCUT2D eigenvalue weighted by Gasteiger charge is 2.36. The fraction of sp³-hybridized carbons (Fsp3) is 0.458. The van der Waals surface area contributed by atoms with Gasteiger partial charge in [0.25, 0.3) is 0 Å².